The highest BCUT2D eigenvalue weighted by Gasteiger charge is 2.36. The summed E-state index contributed by atoms with van der Waals surface area (Å²) in [7, 11) is 1.58. The smallest absolute Gasteiger partial charge is 0.266 e. The van der Waals surface area contributed by atoms with E-state index in [4.69, 9.17) is 33.7 Å². The molecule has 36 heavy (non-hydrogen) atoms. The average Bonchev–Trinajstić information content (AvgIpc) is 3.45. The van der Waals surface area contributed by atoms with Crippen molar-refractivity contribution in [2.45, 2.75) is 13.0 Å². The number of halogens is 1. The first-order valence-corrected chi connectivity index (χ1v) is 12.9. The van der Waals surface area contributed by atoms with Gasteiger partial charge in [0.2, 0.25) is 0 Å². The highest BCUT2D eigenvalue weighted by molar-refractivity contribution is 8.26. The Labute approximate surface area is 224 Å². The van der Waals surface area contributed by atoms with Gasteiger partial charge in [-0.2, -0.15) is 5.10 Å². The molecule has 5 nitrogen and oxygen atoms in total. The molecule has 0 bridgehead atoms. The van der Waals surface area contributed by atoms with Crippen LogP contribution in [0.3, 0.4) is 0 Å². The molecule has 1 saturated heterocycles. The molecule has 8 heteroatoms. The standard InChI is InChI=1S/C28H22ClN3O2S2/c1-18(19-9-5-3-6-10-19)32-27(33)25(36-28(32)35)16-21-17-31(22-11-7-4-8-12-22)30-26(21)20-13-14-24(34-2)23(29)15-20/h3-18H,1-2H3. The number of carbonyl (C=O) groups excluding carboxylic acids is 1. The second-order valence-electron chi connectivity index (χ2n) is 8.20. The van der Waals surface area contributed by atoms with Crippen LogP contribution in [0.1, 0.15) is 24.1 Å². The molecular formula is C28H22ClN3O2S2. The first-order chi connectivity index (χ1) is 17.5. The number of hydrogen-bond acceptors (Lipinski definition) is 5. The van der Waals surface area contributed by atoms with Crippen molar-refractivity contribution >= 4 is 51.9 Å². The highest BCUT2D eigenvalue weighted by Crippen LogP contribution is 2.39. The zero-order chi connectivity index (χ0) is 25.2. The fourth-order valence-corrected chi connectivity index (χ4v) is 5.75. The number of benzene rings is 3. The second-order valence-corrected chi connectivity index (χ2v) is 10.3. The summed E-state index contributed by atoms with van der Waals surface area (Å²) in [6.07, 6.45) is 3.77. The zero-order valence-corrected chi connectivity index (χ0v) is 22.0. The second kappa shape index (κ2) is 10.3. The molecule has 1 aliphatic rings. The first kappa shape index (κ1) is 24.3. The van der Waals surface area contributed by atoms with E-state index in [9.17, 15) is 4.79 Å². The lowest BCUT2D eigenvalue weighted by molar-refractivity contribution is -0.123. The number of thioether (sulfide) groups is 1. The zero-order valence-electron chi connectivity index (χ0n) is 19.6. The number of nitrogens with zero attached hydrogens (tertiary/aromatic N) is 3. The van der Waals surface area contributed by atoms with E-state index in [-0.39, 0.29) is 11.9 Å². The van der Waals surface area contributed by atoms with E-state index in [0.717, 1.165) is 22.4 Å². The van der Waals surface area contributed by atoms with Crippen LogP contribution in [0.5, 0.6) is 5.75 Å². The summed E-state index contributed by atoms with van der Waals surface area (Å²) in [5.41, 5.74) is 4.23. The molecule has 1 aromatic heterocycles. The third kappa shape index (κ3) is 4.69. The number of aromatic nitrogens is 2. The molecule has 180 valence electrons. The minimum absolute atomic E-state index is 0.118. The Bertz CT molecular complexity index is 1470. The summed E-state index contributed by atoms with van der Waals surface area (Å²) in [4.78, 5) is 15.7. The number of para-hydroxylation sites is 1. The maximum Gasteiger partial charge on any atom is 0.266 e. The molecule has 1 fully saturated rings. The fraction of sp³-hybridized carbons (Fsp3) is 0.107. The minimum Gasteiger partial charge on any atom is -0.495 e. The Morgan fingerprint density at radius 2 is 1.75 bits per heavy atom. The van der Waals surface area contributed by atoms with Crippen molar-refractivity contribution in [2.24, 2.45) is 0 Å². The summed E-state index contributed by atoms with van der Waals surface area (Å²) in [6.45, 7) is 1.99. The van der Waals surface area contributed by atoms with E-state index in [1.54, 1.807) is 16.7 Å². The van der Waals surface area contributed by atoms with Crippen LogP contribution in [0.15, 0.2) is 90.0 Å². The van der Waals surface area contributed by atoms with E-state index < -0.39 is 0 Å². The predicted octanol–water partition coefficient (Wildman–Crippen LogP) is 7.16. The van der Waals surface area contributed by atoms with Crippen molar-refractivity contribution in [1.29, 1.82) is 0 Å². The Balaban J connectivity index is 1.56. The molecule has 1 aliphatic heterocycles. The van der Waals surface area contributed by atoms with Gasteiger partial charge in [0, 0.05) is 17.3 Å². The number of rotatable bonds is 6. The Morgan fingerprint density at radius 3 is 2.42 bits per heavy atom. The van der Waals surface area contributed by atoms with Crippen molar-refractivity contribution in [3.63, 3.8) is 0 Å². The van der Waals surface area contributed by atoms with E-state index in [2.05, 4.69) is 0 Å². The number of ether oxygens (including phenoxy) is 1. The largest absolute Gasteiger partial charge is 0.495 e. The molecule has 0 saturated carbocycles. The number of carbonyl (C=O) groups is 1. The Hall–Kier alpha value is -3.39. The van der Waals surface area contributed by atoms with Crippen molar-refractivity contribution in [3.05, 3.63) is 106 Å². The van der Waals surface area contributed by atoms with Gasteiger partial charge in [0.05, 0.1) is 28.8 Å². The molecule has 0 aliphatic carbocycles. The Morgan fingerprint density at radius 1 is 1.06 bits per heavy atom. The highest BCUT2D eigenvalue weighted by atomic mass is 35.5. The summed E-state index contributed by atoms with van der Waals surface area (Å²) in [5, 5.41) is 5.33. The fourth-order valence-electron chi connectivity index (χ4n) is 4.08. The molecule has 0 spiro atoms. The topological polar surface area (TPSA) is 47.4 Å². The van der Waals surface area contributed by atoms with Gasteiger partial charge in [-0.3, -0.25) is 9.69 Å². The molecule has 4 aromatic rings. The average molecular weight is 532 g/mol. The lowest BCUT2D eigenvalue weighted by atomic mass is 10.1. The molecule has 0 N–H and O–H groups in total. The third-order valence-corrected chi connectivity index (χ3v) is 7.59. The van der Waals surface area contributed by atoms with Crippen LogP contribution in [0, 0.1) is 0 Å². The molecule has 0 radical (unpaired) electrons. The number of thiocarbonyl (C=S) groups is 1. The van der Waals surface area contributed by atoms with Gasteiger partial charge >= 0.3 is 0 Å². The maximum atomic E-state index is 13.5. The van der Waals surface area contributed by atoms with Crippen molar-refractivity contribution < 1.29 is 9.53 Å². The van der Waals surface area contributed by atoms with Crippen molar-refractivity contribution in [1.82, 2.24) is 14.7 Å². The first-order valence-electron chi connectivity index (χ1n) is 11.3. The van der Waals surface area contributed by atoms with Crippen LogP contribution in [0.25, 0.3) is 23.0 Å². The summed E-state index contributed by atoms with van der Waals surface area (Å²) in [5.74, 6) is 0.466. The number of amides is 1. The maximum absolute atomic E-state index is 13.5. The lowest BCUT2D eigenvalue weighted by Crippen LogP contribution is -2.30. The van der Waals surface area contributed by atoms with Gasteiger partial charge in [-0.25, -0.2) is 4.68 Å². The summed E-state index contributed by atoms with van der Waals surface area (Å²) in [6, 6.07) is 25.1. The van der Waals surface area contributed by atoms with Gasteiger partial charge in [-0.15, -0.1) is 0 Å². The normalized spacial score (nSPS) is 15.5. The quantitative estimate of drug-likeness (QED) is 0.195. The summed E-state index contributed by atoms with van der Waals surface area (Å²) < 4.78 is 7.64. The summed E-state index contributed by atoms with van der Waals surface area (Å²) >= 11 is 13.3. The van der Waals surface area contributed by atoms with E-state index in [1.807, 2.05) is 98.1 Å². The van der Waals surface area contributed by atoms with E-state index >= 15 is 0 Å². The van der Waals surface area contributed by atoms with Gasteiger partial charge in [-0.05, 0) is 48.9 Å². The van der Waals surface area contributed by atoms with E-state index in [0.29, 0.717) is 25.7 Å². The number of hydrogen-bond donors (Lipinski definition) is 0. The van der Waals surface area contributed by atoms with E-state index in [1.165, 1.54) is 11.8 Å². The molecule has 3 aromatic carbocycles. The monoisotopic (exact) mass is 531 g/mol. The van der Waals surface area contributed by atoms with Gasteiger partial charge in [0.25, 0.3) is 5.91 Å². The molecule has 5 rings (SSSR count). The van der Waals surface area contributed by atoms with Gasteiger partial charge in [0.1, 0.15) is 15.8 Å². The van der Waals surface area contributed by atoms with Gasteiger partial charge in [0.15, 0.2) is 0 Å². The molecule has 1 amide bonds. The number of methoxy groups -OCH3 is 1. The van der Waals surface area contributed by atoms with Crippen LogP contribution < -0.4 is 4.74 Å². The van der Waals surface area contributed by atoms with Crippen molar-refractivity contribution in [3.8, 4) is 22.7 Å². The SMILES string of the molecule is COc1ccc(-c2nn(-c3ccccc3)cc2C=C2SC(=S)N(C(C)c3ccccc3)C2=O)cc1Cl. The third-order valence-electron chi connectivity index (χ3n) is 5.97. The molecular weight excluding hydrogens is 510 g/mol. The van der Waals surface area contributed by atoms with Crippen LogP contribution in [0.4, 0.5) is 0 Å². The molecule has 2 heterocycles. The van der Waals surface area contributed by atoms with Gasteiger partial charge in [-0.1, -0.05) is 84.1 Å². The van der Waals surface area contributed by atoms with Crippen LogP contribution >= 0.6 is 35.6 Å². The predicted molar refractivity (Wildman–Crippen MR) is 150 cm³/mol. The lowest BCUT2D eigenvalue weighted by Gasteiger charge is -2.23. The van der Waals surface area contributed by atoms with Crippen LogP contribution in [-0.4, -0.2) is 32.0 Å². The van der Waals surface area contributed by atoms with Crippen LogP contribution in [-0.2, 0) is 4.79 Å². The molecule has 1 unspecified atom stereocenters. The minimum atomic E-state index is -0.170. The van der Waals surface area contributed by atoms with Crippen LogP contribution in [0.2, 0.25) is 5.02 Å². The Kier molecular flexibility index (Phi) is 6.96. The van der Waals surface area contributed by atoms with Crippen molar-refractivity contribution in [2.75, 3.05) is 7.11 Å². The van der Waals surface area contributed by atoms with Gasteiger partial charge < -0.3 is 4.74 Å². The molecule has 1 atom stereocenters.